The standard InChI is InChI=1S/C31H33N7O6S/c1-45(41,42)30-34-28(36-14-15-37(31(39)40)20(18-36)12-13-32)22-9-11-25(44-29(22)35-30)21-6-4-5-19-8-10-24-23(27(19)21)17-33-38(24)26-7-2-3-16-43-26/h4-6,8,10,17,20,25-26H,2-3,7,9,11-12,14-16,18H2,1H3,(H,39,40)/t20-,25?,26?/m0/s1. The van der Waals surface area contributed by atoms with Gasteiger partial charge in [0.25, 0.3) is 5.16 Å². The summed E-state index contributed by atoms with van der Waals surface area (Å²) in [6.45, 7) is 1.36. The van der Waals surface area contributed by atoms with Crippen molar-refractivity contribution in [2.24, 2.45) is 0 Å². The lowest BCUT2D eigenvalue weighted by Gasteiger charge is -2.40. The van der Waals surface area contributed by atoms with Gasteiger partial charge >= 0.3 is 6.09 Å². The Kier molecular flexibility index (Phi) is 7.45. The molecule has 45 heavy (non-hydrogen) atoms. The first kappa shape index (κ1) is 29.2. The number of aromatic nitrogens is 4. The van der Waals surface area contributed by atoms with Crippen LogP contribution in [-0.2, 0) is 21.0 Å². The van der Waals surface area contributed by atoms with Crippen LogP contribution in [0.2, 0.25) is 0 Å². The minimum absolute atomic E-state index is 0.00654. The first-order chi connectivity index (χ1) is 21.7. The number of ether oxygens (including phenoxy) is 2. The molecule has 14 heteroatoms. The normalized spacial score (nSPS) is 22.2. The highest BCUT2D eigenvalue weighted by atomic mass is 32.2. The minimum atomic E-state index is -3.81. The number of rotatable bonds is 5. The predicted octanol–water partition coefficient (Wildman–Crippen LogP) is 4.23. The number of nitrogens with zero attached hydrogens (tertiary/aromatic N) is 7. The number of benzene rings is 2. The Bertz CT molecular complexity index is 1950. The fourth-order valence-corrected chi connectivity index (χ4v) is 7.30. The molecule has 234 valence electrons. The Morgan fingerprint density at radius 2 is 2.02 bits per heavy atom. The smallest absolute Gasteiger partial charge is 0.407 e. The van der Waals surface area contributed by atoms with Crippen LogP contribution in [0.1, 0.15) is 55.6 Å². The fourth-order valence-electron chi connectivity index (χ4n) is 6.80. The molecule has 0 spiro atoms. The highest BCUT2D eigenvalue weighted by Gasteiger charge is 2.36. The molecule has 7 rings (SSSR count). The van der Waals surface area contributed by atoms with Gasteiger partial charge in [0.2, 0.25) is 15.7 Å². The number of carboxylic acid groups (broad SMARTS) is 1. The summed E-state index contributed by atoms with van der Waals surface area (Å²) in [6, 6.07) is 11.7. The van der Waals surface area contributed by atoms with E-state index in [0.29, 0.717) is 37.4 Å². The third-order valence-corrected chi connectivity index (χ3v) is 9.80. The number of sulfone groups is 1. The lowest BCUT2D eigenvalue weighted by Crippen LogP contribution is -2.55. The highest BCUT2D eigenvalue weighted by Crippen LogP contribution is 2.42. The van der Waals surface area contributed by atoms with Crippen LogP contribution in [0.5, 0.6) is 5.88 Å². The zero-order chi connectivity index (χ0) is 31.3. The molecule has 0 radical (unpaired) electrons. The molecule has 13 nitrogen and oxygen atoms in total. The van der Waals surface area contributed by atoms with Gasteiger partial charge in [-0.2, -0.15) is 15.3 Å². The largest absolute Gasteiger partial charge is 0.469 e. The second kappa shape index (κ2) is 11.5. The van der Waals surface area contributed by atoms with E-state index in [1.54, 1.807) is 0 Å². The van der Waals surface area contributed by atoms with Crippen molar-refractivity contribution in [3.8, 4) is 11.9 Å². The number of anilines is 1. The molecule has 0 aliphatic carbocycles. The summed E-state index contributed by atoms with van der Waals surface area (Å²) >= 11 is 0. The average molecular weight is 632 g/mol. The summed E-state index contributed by atoms with van der Waals surface area (Å²) < 4.78 is 40.0. The van der Waals surface area contributed by atoms with Gasteiger partial charge in [-0.1, -0.05) is 24.3 Å². The molecule has 2 fully saturated rings. The number of nitriles is 1. The van der Waals surface area contributed by atoms with Gasteiger partial charge in [-0.25, -0.2) is 22.9 Å². The molecule has 1 amide bonds. The number of amides is 1. The predicted molar refractivity (Wildman–Crippen MR) is 164 cm³/mol. The maximum absolute atomic E-state index is 12.7. The van der Waals surface area contributed by atoms with E-state index in [4.69, 9.17) is 14.6 Å². The van der Waals surface area contributed by atoms with Crippen molar-refractivity contribution in [3.05, 3.63) is 47.7 Å². The van der Waals surface area contributed by atoms with E-state index in [1.807, 2.05) is 27.9 Å². The van der Waals surface area contributed by atoms with Gasteiger partial charge in [-0.05, 0) is 48.9 Å². The van der Waals surface area contributed by atoms with Gasteiger partial charge in [0, 0.05) is 43.4 Å². The van der Waals surface area contributed by atoms with Gasteiger partial charge in [0.05, 0.1) is 35.8 Å². The lowest BCUT2D eigenvalue weighted by atomic mass is 9.93. The minimum Gasteiger partial charge on any atom is -0.469 e. The summed E-state index contributed by atoms with van der Waals surface area (Å²) in [5.74, 6) is 0.602. The van der Waals surface area contributed by atoms with Gasteiger partial charge in [0.15, 0.2) is 6.23 Å². The third kappa shape index (κ3) is 5.29. The number of carbonyl (C=O) groups is 1. The van der Waals surface area contributed by atoms with E-state index in [2.05, 4.69) is 34.2 Å². The molecule has 0 bridgehead atoms. The maximum atomic E-state index is 12.7. The first-order valence-electron chi connectivity index (χ1n) is 15.1. The highest BCUT2D eigenvalue weighted by molar-refractivity contribution is 7.90. The number of fused-ring (bicyclic) bond motifs is 4. The van der Waals surface area contributed by atoms with E-state index < -0.39 is 28.1 Å². The van der Waals surface area contributed by atoms with E-state index in [1.165, 1.54) is 4.90 Å². The van der Waals surface area contributed by atoms with Crippen LogP contribution in [0, 0.1) is 11.3 Å². The SMILES string of the molecule is CS(=O)(=O)c1nc2c(c(N3CCN(C(=O)O)[C@@H](CC#N)C3)n1)CCC(c1cccc3ccc4c(cnn4C4CCCCO4)c13)O2. The van der Waals surface area contributed by atoms with Gasteiger partial charge in [-0.3, -0.25) is 0 Å². The Morgan fingerprint density at radius 1 is 1.16 bits per heavy atom. The molecule has 2 aromatic carbocycles. The number of piperazine rings is 1. The lowest BCUT2D eigenvalue weighted by molar-refractivity contribution is -0.0366. The molecule has 1 N–H and O–H groups in total. The van der Waals surface area contributed by atoms with Gasteiger partial charge in [0.1, 0.15) is 11.9 Å². The average Bonchev–Trinajstić information content (AvgIpc) is 3.48. The van der Waals surface area contributed by atoms with Crippen LogP contribution in [0.15, 0.2) is 41.7 Å². The Morgan fingerprint density at radius 3 is 2.78 bits per heavy atom. The summed E-state index contributed by atoms with van der Waals surface area (Å²) in [4.78, 5) is 23.7. The fraction of sp³-hybridized carbons (Fsp3) is 0.452. The quantitative estimate of drug-likeness (QED) is 0.314. The third-order valence-electron chi connectivity index (χ3n) is 8.95. The van der Waals surface area contributed by atoms with Crippen LogP contribution in [0.25, 0.3) is 21.7 Å². The second-order valence-corrected chi connectivity index (χ2v) is 13.7. The molecule has 3 aliphatic rings. The Labute approximate surface area is 259 Å². The van der Waals surface area contributed by atoms with Gasteiger partial charge in [-0.15, -0.1) is 0 Å². The van der Waals surface area contributed by atoms with Crippen LogP contribution in [0.3, 0.4) is 0 Å². The summed E-state index contributed by atoms with van der Waals surface area (Å²) in [5, 5.41) is 26.4. The molecule has 3 atom stereocenters. The van der Waals surface area contributed by atoms with Crippen LogP contribution < -0.4 is 9.64 Å². The van der Waals surface area contributed by atoms with Crippen molar-refractivity contribution in [2.75, 3.05) is 37.4 Å². The summed E-state index contributed by atoms with van der Waals surface area (Å²) in [7, 11) is -3.81. The van der Waals surface area contributed by atoms with Crippen LogP contribution in [0.4, 0.5) is 10.6 Å². The molecule has 3 aliphatic heterocycles. The Hall–Kier alpha value is -4.48. The molecular formula is C31H33N7O6S. The summed E-state index contributed by atoms with van der Waals surface area (Å²) in [6.07, 6.45) is 5.49. The molecule has 2 saturated heterocycles. The molecule has 0 saturated carbocycles. The van der Waals surface area contributed by atoms with Gasteiger partial charge < -0.3 is 24.4 Å². The molecule has 2 unspecified atom stereocenters. The van der Waals surface area contributed by atoms with Crippen molar-refractivity contribution in [3.63, 3.8) is 0 Å². The second-order valence-electron chi connectivity index (χ2n) is 11.8. The van der Waals surface area contributed by atoms with Crippen molar-refractivity contribution < 1.29 is 27.8 Å². The van der Waals surface area contributed by atoms with E-state index in [9.17, 15) is 23.6 Å². The molecular weight excluding hydrogens is 598 g/mol. The van der Waals surface area contributed by atoms with E-state index >= 15 is 0 Å². The molecule has 4 aromatic rings. The zero-order valence-electron chi connectivity index (χ0n) is 24.8. The van der Waals surface area contributed by atoms with Crippen molar-refractivity contribution in [1.82, 2.24) is 24.6 Å². The van der Waals surface area contributed by atoms with Crippen LogP contribution >= 0.6 is 0 Å². The zero-order valence-corrected chi connectivity index (χ0v) is 25.6. The van der Waals surface area contributed by atoms with Crippen LogP contribution in [-0.4, -0.2) is 82.8 Å². The summed E-state index contributed by atoms with van der Waals surface area (Å²) in [5.41, 5.74) is 2.61. The van der Waals surface area contributed by atoms with E-state index in [0.717, 1.165) is 52.8 Å². The molecule has 2 aromatic heterocycles. The van der Waals surface area contributed by atoms with Crippen molar-refractivity contribution in [2.45, 2.75) is 62.1 Å². The molecule has 5 heterocycles. The Balaban J connectivity index is 1.28. The topological polar surface area (TPSA) is 164 Å². The first-order valence-corrected chi connectivity index (χ1v) is 17.0. The van der Waals surface area contributed by atoms with Crippen molar-refractivity contribution >= 4 is 43.4 Å². The van der Waals surface area contributed by atoms with Crippen molar-refractivity contribution in [1.29, 1.82) is 5.26 Å². The number of hydrogen-bond donors (Lipinski definition) is 1. The number of hydrogen-bond acceptors (Lipinski definition) is 10. The maximum Gasteiger partial charge on any atom is 0.407 e. The monoisotopic (exact) mass is 631 g/mol. The van der Waals surface area contributed by atoms with E-state index in [-0.39, 0.29) is 36.8 Å².